The fourth-order valence-corrected chi connectivity index (χ4v) is 1.69. The van der Waals surface area contributed by atoms with Gasteiger partial charge in [-0.3, -0.25) is 5.10 Å². The Morgan fingerprint density at radius 2 is 2.25 bits per heavy atom. The van der Waals surface area contributed by atoms with Crippen LogP contribution < -0.4 is 0 Å². The van der Waals surface area contributed by atoms with Gasteiger partial charge in [-0.05, 0) is 18.9 Å². The van der Waals surface area contributed by atoms with E-state index >= 15 is 0 Å². The lowest BCUT2D eigenvalue weighted by Crippen LogP contribution is -2.14. The quantitative estimate of drug-likeness (QED) is 0.728. The molecule has 1 aliphatic rings. The summed E-state index contributed by atoms with van der Waals surface area (Å²) in [6, 6.07) is 1.90. The Hall–Kier alpha value is -0.540. The largest absolute Gasteiger partial charge is 0.381 e. The fourth-order valence-electron chi connectivity index (χ4n) is 1.53. The summed E-state index contributed by atoms with van der Waals surface area (Å²) in [5.41, 5.74) is 1.14. The van der Waals surface area contributed by atoms with E-state index in [9.17, 15) is 0 Å². The van der Waals surface area contributed by atoms with E-state index in [0.29, 0.717) is 11.1 Å². The van der Waals surface area contributed by atoms with E-state index in [1.54, 1.807) is 0 Å². The van der Waals surface area contributed by atoms with Gasteiger partial charge >= 0.3 is 0 Å². The average Bonchev–Trinajstić information content (AvgIpc) is 2.54. The molecule has 3 nitrogen and oxygen atoms in total. The van der Waals surface area contributed by atoms with Crippen LogP contribution >= 0.6 is 11.6 Å². The maximum absolute atomic E-state index is 5.71. The molecule has 1 saturated heterocycles. The highest BCUT2D eigenvalue weighted by atomic mass is 35.5. The van der Waals surface area contributed by atoms with Crippen LogP contribution in [0.1, 0.15) is 24.5 Å². The van der Waals surface area contributed by atoms with Crippen molar-refractivity contribution < 1.29 is 4.74 Å². The van der Waals surface area contributed by atoms with E-state index < -0.39 is 0 Å². The van der Waals surface area contributed by atoms with Gasteiger partial charge in [0.25, 0.3) is 0 Å². The summed E-state index contributed by atoms with van der Waals surface area (Å²) in [6.45, 7) is 1.70. The molecular weight excluding hydrogens is 176 g/mol. The minimum atomic E-state index is 0.552. The zero-order chi connectivity index (χ0) is 8.39. The molecule has 1 aromatic heterocycles. The first-order valence-electron chi connectivity index (χ1n) is 4.15. The summed E-state index contributed by atoms with van der Waals surface area (Å²) in [7, 11) is 0. The standard InChI is InChI=1S/C8H11ClN2O/c9-8-5-7(10-11-8)6-1-3-12-4-2-6/h5-6H,1-4H2,(H,10,11). The zero-order valence-corrected chi connectivity index (χ0v) is 7.47. The number of rotatable bonds is 1. The molecule has 1 aliphatic heterocycles. The molecule has 2 rings (SSSR count). The van der Waals surface area contributed by atoms with Crippen LogP contribution in [0, 0.1) is 0 Å². The van der Waals surface area contributed by atoms with Gasteiger partial charge in [0.15, 0.2) is 5.15 Å². The van der Waals surface area contributed by atoms with Gasteiger partial charge in [-0.25, -0.2) is 0 Å². The Morgan fingerprint density at radius 1 is 1.50 bits per heavy atom. The first kappa shape index (κ1) is 8.08. The Labute approximate surface area is 76.1 Å². The number of H-pyrrole nitrogens is 1. The highest BCUT2D eigenvalue weighted by molar-refractivity contribution is 6.29. The third kappa shape index (κ3) is 1.62. The maximum atomic E-state index is 5.71. The van der Waals surface area contributed by atoms with E-state index in [1.807, 2.05) is 6.07 Å². The van der Waals surface area contributed by atoms with Crippen LogP contribution in [0.2, 0.25) is 5.15 Å². The van der Waals surface area contributed by atoms with E-state index in [4.69, 9.17) is 16.3 Å². The number of hydrogen-bond donors (Lipinski definition) is 1. The molecule has 1 N–H and O–H groups in total. The van der Waals surface area contributed by atoms with Crippen molar-refractivity contribution in [3.8, 4) is 0 Å². The van der Waals surface area contributed by atoms with E-state index in [2.05, 4.69) is 10.2 Å². The molecule has 12 heavy (non-hydrogen) atoms. The summed E-state index contributed by atoms with van der Waals surface area (Å²) in [4.78, 5) is 0. The topological polar surface area (TPSA) is 37.9 Å². The smallest absolute Gasteiger partial charge is 0.151 e. The van der Waals surface area contributed by atoms with Crippen molar-refractivity contribution in [2.45, 2.75) is 18.8 Å². The molecule has 0 atom stereocenters. The third-order valence-corrected chi connectivity index (χ3v) is 2.42. The van der Waals surface area contributed by atoms with Crippen LogP contribution in [0.15, 0.2) is 6.07 Å². The van der Waals surface area contributed by atoms with Crippen LogP contribution in [0.25, 0.3) is 0 Å². The maximum Gasteiger partial charge on any atom is 0.151 e. The highest BCUT2D eigenvalue weighted by Crippen LogP contribution is 2.26. The van der Waals surface area contributed by atoms with Crippen molar-refractivity contribution in [2.24, 2.45) is 0 Å². The molecule has 0 amide bonds. The number of halogens is 1. The molecule has 0 unspecified atom stereocenters. The van der Waals surface area contributed by atoms with Gasteiger partial charge in [0.05, 0.1) is 0 Å². The normalized spacial score (nSPS) is 19.8. The second-order valence-corrected chi connectivity index (χ2v) is 3.42. The highest BCUT2D eigenvalue weighted by Gasteiger charge is 2.17. The summed E-state index contributed by atoms with van der Waals surface area (Å²) in [5.74, 6) is 0.554. The predicted molar refractivity (Wildman–Crippen MR) is 46.4 cm³/mol. The minimum Gasteiger partial charge on any atom is -0.381 e. The van der Waals surface area contributed by atoms with Crippen molar-refractivity contribution in [1.29, 1.82) is 0 Å². The zero-order valence-electron chi connectivity index (χ0n) is 6.72. The second kappa shape index (κ2) is 3.46. The number of aromatic nitrogens is 2. The Kier molecular flexibility index (Phi) is 2.33. The van der Waals surface area contributed by atoms with Crippen molar-refractivity contribution in [3.63, 3.8) is 0 Å². The molecule has 1 fully saturated rings. The lowest BCUT2D eigenvalue weighted by molar-refractivity contribution is 0.0845. The number of nitrogens with zero attached hydrogens (tertiary/aromatic N) is 1. The molecule has 0 saturated carbocycles. The monoisotopic (exact) mass is 186 g/mol. The molecule has 2 heterocycles. The molecule has 0 spiro atoms. The van der Waals surface area contributed by atoms with E-state index in [-0.39, 0.29) is 0 Å². The Morgan fingerprint density at radius 3 is 2.83 bits per heavy atom. The average molecular weight is 187 g/mol. The van der Waals surface area contributed by atoms with Crippen molar-refractivity contribution in [3.05, 3.63) is 16.9 Å². The molecule has 66 valence electrons. The molecule has 0 aromatic carbocycles. The number of ether oxygens (including phenoxy) is 1. The number of hydrogen-bond acceptors (Lipinski definition) is 2. The number of aromatic amines is 1. The molecule has 1 aromatic rings. The minimum absolute atomic E-state index is 0.552. The van der Waals surface area contributed by atoms with Gasteiger partial charge in [-0.1, -0.05) is 11.6 Å². The predicted octanol–water partition coefficient (Wildman–Crippen LogP) is 1.96. The molecule has 0 aliphatic carbocycles. The van der Waals surface area contributed by atoms with Crippen molar-refractivity contribution >= 4 is 11.6 Å². The summed E-state index contributed by atoms with van der Waals surface area (Å²) in [6.07, 6.45) is 2.14. The van der Waals surface area contributed by atoms with Gasteiger partial charge in [0, 0.05) is 24.8 Å². The third-order valence-electron chi connectivity index (χ3n) is 2.23. The van der Waals surface area contributed by atoms with Crippen LogP contribution in [0.5, 0.6) is 0 Å². The van der Waals surface area contributed by atoms with Crippen LogP contribution in [-0.2, 0) is 4.74 Å². The summed E-state index contributed by atoms with van der Waals surface area (Å²) < 4.78 is 5.26. The Balaban J connectivity index is 2.08. The van der Waals surface area contributed by atoms with E-state index in [0.717, 1.165) is 31.7 Å². The van der Waals surface area contributed by atoms with Gasteiger partial charge in [0.2, 0.25) is 0 Å². The van der Waals surface area contributed by atoms with E-state index in [1.165, 1.54) is 0 Å². The summed E-state index contributed by atoms with van der Waals surface area (Å²) in [5, 5.41) is 7.38. The molecule has 0 bridgehead atoms. The van der Waals surface area contributed by atoms with Crippen molar-refractivity contribution in [1.82, 2.24) is 10.2 Å². The lowest BCUT2D eigenvalue weighted by Gasteiger charge is -2.20. The van der Waals surface area contributed by atoms with Gasteiger partial charge in [-0.15, -0.1) is 0 Å². The first-order valence-corrected chi connectivity index (χ1v) is 4.52. The van der Waals surface area contributed by atoms with Gasteiger partial charge in [-0.2, -0.15) is 5.10 Å². The second-order valence-electron chi connectivity index (χ2n) is 3.03. The number of nitrogens with one attached hydrogen (secondary N) is 1. The first-order chi connectivity index (χ1) is 5.86. The molecule has 0 radical (unpaired) electrons. The SMILES string of the molecule is Clc1cc(C2CCOCC2)[nH]n1. The van der Waals surface area contributed by atoms with Crippen LogP contribution in [-0.4, -0.2) is 23.4 Å². The van der Waals surface area contributed by atoms with Crippen LogP contribution in [0.4, 0.5) is 0 Å². The molecule has 4 heteroatoms. The summed E-state index contributed by atoms with van der Waals surface area (Å²) >= 11 is 5.71. The van der Waals surface area contributed by atoms with Gasteiger partial charge < -0.3 is 4.74 Å². The van der Waals surface area contributed by atoms with Gasteiger partial charge in [0.1, 0.15) is 0 Å². The lowest BCUT2D eigenvalue weighted by atomic mass is 9.97. The van der Waals surface area contributed by atoms with Crippen LogP contribution in [0.3, 0.4) is 0 Å². The fraction of sp³-hybridized carbons (Fsp3) is 0.625. The van der Waals surface area contributed by atoms with Crippen molar-refractivity contribution in [2.75, 3.05) is 13.2 Å². The Bertz CT molecular complexity index is 255. The molecular formula is C8H11ClN2O.